The van der Waals surface area contributed by atoms with E-state index in [0.717, 1.165) is 6.42 Å². The molecule has 2 rings (SSSR count). The smallest absolute Gasteiger partial charge is 0.256 e. The van der Waals surface area contributed by atoms with Crippen molar-refractivity contribution in [2.24, 2.45) is 11.1 Å². The minimum atomic E-state index is -2.44. The van der Waals surface area contributed by atoms with Gasteiger partial charge in [0.15, 0.2) is 0 Å². The summed E-state index contributed by atoms with van der Waals surface area (Å²) in [4.78, 5) is 0. The normalized spacial score (nSPS) is 40.5. The molecule has 0 aromatic rings. The monoisotopic (exact) mass is 147 g/mol. The van der Waals surface area contributed by atoms with Crippen LogP contribution in [-0.2, 0) is 0 Å². The van der Waals surface area contributed by atoms with Crippen LogP contribution in [0.4, 0.5) is 8.78 Å². The van der Waals surface area contributed by atoms with Gasteiger partial charge in [-0.2, -0.15) is 0 Å². The molecular formula is C7H11F2N. The molecule has 58 valence electrons. The van der Waals surface area contributed by atoms with E-state index in [0.29, 0.717) is 12.8 Å². The van der Waals surface area contributed by atoms with Crippen molar-refractivity contribution < 1.29 is 8.78 Å². The van der Waals surface area contributed by atoms with Crippen molar-refractivity contribution in [1.29, 1.82) is 0 Å². The van der Waals surface area contributed by atoms with Crippen LogP contribution in [0.25, 0.3) is 0 Å². The minimum absolute atomic E-state index is 0.0903. The summed E-state index contributed by atoms with van der Waals surface area (Å²) in [6, 6.07) is -0.226. The second-order valence-corrected chi connectivity index (χ2v) is 3.52. The van der Waals surface area contributed by atoms with Gasteiger partial charge in [0, 0.05) is 17.9 Å². The van der Waals surface area contributed by atoms with E-state index < -0.39 is 11.3 Å². The van der Waals surface area contributed by atoms with Gasteiger partial charge >= 0.3 is 0 Å². The standard InChI is InChI=1S/C7H11F2N/c8-7(9)4-5(10)6(7)2-1-3-6/h5H,1-4,10H2. The fourth-order valence-electron chi connectivity index (χ4n) is 2.11. The molecule has 0 heterocycles. The predicted molar refractivity (Wildman–Crippen MR) is 33.8 cm³/mol. The quantitative estimate of drug-likeness (QED) is 0.552. The molecule has 2 aliphatic carbocycles. The average Bonchev–Trinajstić information content (AvgIpc) is 1.55. The second-order valence-electron chi connectivity index (χ2n) is 3.52. The molecule has 3 heteroatoms. The summed E-state index contributed by atoms with van der Waals surface area (Å²) in [5.74, 6) is -2.44. The molecule has 1 atom stereocenters. The van der Waals surface area contributed by atoms with Gasteiger partial charge in [0.25, 0.3) is 5.92 Å². The van der Waals surface area contributed by atoms with Crippen molar-refractivity contribution in [2.75, 3.05) is 0 Å². The topological polar surface area (TPSA) is 26.0 Å². The van der Waals surface area contributed by atoms with Crippen molar-refractivity contribution in [3.8, 4) is 0 Å². The first-order valence-corrected chi connectivity index (χ1v) is 3.72. The Morgan fingerprint density at radius 2 is 1.90 bits per heavy atom. The maximum absolute atomic E-state index is 12.8. The zero-order valence-electron chi connectivity index (χ0n) is 5.74. The Bertz CT molecular complexity index is 163. The second kappa shape index (κ2) is 1.52. The van der Waals surface area contributed by atoms with Gasteiger partial charge in [0.05, 0.1) is 0 Å². The molecule has 1 nitrogen and oxygen atoms in total. The molecule has 0 aromatic heterocycles. The van der Waals surface area contributed by atoms with Gasteiger partial charge in [-0.3, -0.25) is 0 Å². The molecule has 2 N–H and O–H groups in total. The first-order chi connectivity index (χ1) is 4.58. The summed E-state index contributed by atoms with van der Waals surface area (Å²) < 4.78 is 25.6. The Balaban J connectivity index is 2.18. The van der Waals surface area contributed by atoms with Gasteiger partial charge in [-0.05, 0) is 12.8 Å². The average molecular weight is 147 g/mol. The number of nitrogens with two attached hydrogens (primary N) is 1. The van der Waals surface area contributed by atoms with Gasteiger partial charge in [-0.15, -0.1) is 0 Å². The van der Waals surface area contributed by atoms with Crippen molar-refractivity contribution in [3.63, 3.8) is 0 Å². The molecule has 0 aromatic carbocycles. The van der Waals surface area contributed by atoms with Crippen LogP contribution in [0.3, 0.4) is 0 Å². The van der Waals surface area contributed by atoms with Crippen LogP contribution in [0.2, 0.25) is 0 Å². The molecule has 0 amide bonds. The predicted octanol–water partition coefficient (Wildman–Crippen LogP) is 1.52. The Morgan fingerprint density at radius 3 is 2.00 bits per heavy atom. The van der Waals surface area contributed by atoms with Crippen LogP contribution >= 0.6 is 0 Å². The van der Waals surface area contributed by atoms with Crippen molar-refractivity contribution >= 4 is 0 Å². The van der Waals surface area contributed by atoms with Crippen LogP contribution in [0.5, 0.6) is 0 Å². The minimum Gasteiger partial charge on any atom is -0.327 e. The highest BCUT2D eigenvalue weighted by atomic mass is 19.3. The Labute approximate surface area is 58.6 Å². The number of alkyl halides is 2. The summed E-state index contributed by atoms with van der Waals surface area (Å²) >= 11 is 0. The van der Waals surface area contributed by atoms with E-state index in [-0.39, 0.29) is 12.5 Å². The molecule has 1 unspecified atom stereocenters. The number of rotatable bonds is 0. The van der Waals surface area contributed by atoms with Crippen molar-refractivity contribution in [3.05, 3.63) is 0 Å². The highest BCUT2D eigenvalue weighted by Gasteiger charge is 2.68. The third-order valence-corrected chi connectivity index (χ3v) is 3.16. The zero-order chi connectivity index (χ0) is 7.41. The molecule has 2 saturated carbocycles. The van der Waals surface area contributed by atoms with Crippen LogP contribution in [-0.4, -0.2) is 12.0 Å². The van der Waals surface area contributed by atoms with Crippen molar-refractivity contribution in [1.82, 2.24) is 0 Å². The van der Waals surface area contributed by atoms with Crippen LogP contribution in [0.15, 0.2) is 0 Å². The molecule has 1 spiro atoms. The van der Waals surface area contributed by atoms with E-state index in [9.17, 15) is 8.78 Å². The van der Waals surface area contributed by atoms with Crippen LogP contribution in [0, 0.1) is 5.41 Å². The molecule has 10 heavy (non-hydrogen) atoms. The van der Waals surface area contributed by atoms with Gasteiger partial charge in [-0.1, -0.05) is 6.42 Å². The van der Waals surface area contributed by atoms with Gasteiger partial charge in [0.2, 0.25) is 0 Å². The fourth-order valence-corrected chi connectivity index (χ4v) is 2.11. The lowest BCUT2D eigenvalue weighted by atomic mass is 9.50. The lowest BCUT2D eigenvalue weighted by Crippen LogP contribution is -2.68. The molecule has 0 radical (unpaired) electrons. The van der Waals surface area contributed by atoms with E-state index in [1.54, 1.807) is 0 Å². The first kappa shape index (κ1) is 6.53. The fraction of sp³-hybridized carbons (Fsp3) is 1.00. The maximum atomic E-state index is 12.8. The number of hydrogen-bond acceptors (Lipinski definition) is 1. The van der Waals surface area contributed by atoms with E-state index in [4.69, 9.17) is 5.73 Å². The number of halogens is 2. The summed E-state index contributed by atoms with van der Waals surface area (Å²) in [5.41, 5.74) is 4.76. The Hall–Kier alpha value is -0.180. The summed E-state index contributed by atoms with van der Waals surface area (Å²) in [5, 5.41) is 0. The van der Waals surface area contributed by atoms with Gasteiger partial charge in [0.1, 0.15) is 0 Å². The third-order valence-electron chi connectivity index (χ3n) is 3.16. The SMILES string of the molecule is NC1CC(F)(F)C12CCC2. The van der Waals surface area contributed by atoms with E-state index in [1.165, 1.54) is 0 Å². The lowest BCUT2D eigenvalue weighted by molar-refractivity contribution is -0.249. The van der Waals surface area contributed by atoms with E-state index >= 15 is 0 Å². The highest BCUT2D eigenvalue weighted by Crippen LogP contribution is 2.63. The maximum Gasteiger partial charge on any atom is 0.256 e. The van der Waals surface area contributed by atoms with Crippen molar-refractivity contribution in [2.45, 2.75) is 37.6 Å². The summed E-state index contributed by atoms with van der Waals surface area (Å²) in [6.07, 6.45) is 2.12. The van der Waals surface area contributed by atoms with Gasteiger partial charge < -0.3 is 5.73 Å². The van der Waals surface area contributed by atoms with E-state index in [1.807, 2.05) is 0 Å². The van der Waals surface area contributed by atoms with E-state index in [2.05, 4.69) is 0 Å². The van der Waals surface area contributed by atoms with Crippen LogP contribution in [0.1, 0.15) is 25.7 Å². The highest BCUT2D eigenvalue weighted by molar-refractivity contribution is 5.14. The largest absolute Gasteiger partial charge is 0.327 e. The molecule has 0 saturated heterocycles. The molecule has 0 aliphatic heterocycles. The summed E-state index contributed by atoms with van der Waals surface area (Å²) in [7, 11) is 0. The summed E-state index contributed by atoms with van der Waals surface area (Å²) in [6.45, 7) is 0. The lowest BCUT2D eigenvalue weighted by Gasteiger charge is -2.59. The number of hydrogen-bond donors (Lipinski definition) is 1. The molecule has 0 bridgehead atoms. The Kier molecular flexibility index (Phi) is 0.994. The van der Waals surface area contributed by atoms with Gasteiger partial charge in [-0.25, -0.2) is 8.78 Å². The van der Waals surface area contributed by atoms with Crippen LogP contribution < -0.4 is 5.73 Å². The third kappa shape index (κ3) is 0.470. The molecule has 2 fully saturated rings. The molecular weight excluding hydrogens is 136 g/mol. The Morgan fingerprint density at radius 1 is 1.30 bits per heavy atom. The first-order valence-electron chi connectivity index (χ1n) is 3.72. The zero-order valence-corrected chi connectivity index (χ0v) is 5.74. The molecule has 2 aliphatic rings.